The average molecular weight is 419 g/mol. The predicted molar refractivity (Wildman–Crippen MR) is 112 cm³/mol. The van der Waals surface area contributed by atoms with Gasteiger partial charge in [-0.25, -0.2) is 4.98 Å². The fourth-order valence-electron chi connectivity index (χ4n) is 2.98. The van der Waals surface area contributed by atoms with Gasteiger partial charge >= 0.3 is 0 Å². The van der Waals surface area contributed by atoms with Gasteiger partial charge in [-0.15, -0.1) is 0 Å². The fourth-order valence-corrected chi connectivity index (χ4v) is 3.75. The lowest BCUT2D eigenvalue weighted by Gasteiger charge is -2.12. The van der Waals surface area contributed by atoms with E-state index in [0.29, 0.717) is 5.92 Å². The number of methoxy groups -OCH3 is 1. The van der Waals surface area contributed by atoms with Gasteiger partial charge in [0.2, 0.25) is 0 Å². The zero-order chi connectivity index (χ0) is 18.0. The molecule has 0 radical (unpaired) electrons. The van der Waals surface area contributed by atoms with E-state index in [1.165, 1.54) is 5.56 Å². The van der Waals surface area contributed by atoms with E-state index in [2.05, 4.69) is 64.9 Å². The molecule has 0 amide bonds. The van der Waals surface area contributed by atoms with Crippen molar-refractivity contribution in [3.05, 3.63) is 46.4 Å². The van der Waals surface area contributed by atoms with Crippen LogP contribution in [0.5, 0.6) is 5.75 Å². The molecule has 0 bridgehead atoms. The lowest BCUT2D eigenvalue weighted by molar-refractivity contribution is 0.417. The molecule has 0 saturated carbocycles. The van der Waals surface area contributed by atoms with Gasteiger partial charge in [0.15, 0.2) is 0 Å². The highest BCUT2D eigenvalue weighted by Gasteiger charge is 2.18. The summed E-state index contributed by atoms with van der Waals surface area (Å²) < 4.78 is 8.88. The topological polar surface area (TPSA) is 27.1 Å². The average Bonchev–Trinajstić information content (AvgIpc) is 3.01. The highest BCUT2D eigenvalue weighted by Crippen LogP contribution is 2.35. The first-order chi connectivity index (χ1) is 12.1. The summed E-state index contributed by atoms with van der Waals surface area (Å²) in [5.41, 5.74) is 4.47. The van der Waals surface area contributed by atoms with Crippen LogP contribution >= 0.6 is 27.7 Å². The van der Waals surface area contributed by atoms with Crippen molar-refractivity contribution in [3.8, 4) is 17.1 Å². The van der Waals surface area contributed by atoms with Gasteiger partial charge in [0.05, 0.1) is 7.11 Å². The molecule has 3 rings (SSSR count). The number of aromatic nitrogens is 2. The van der Waals surface area contributed by atoms with Crippen LogP contribution in [0.3, 0.4) is 0 Å². The maximum atomic E-state index is 5.61. The van der Waals surface area contributed by atoms with Gasteiger partial charge in [-0.1, -0.05) is 38.1 Å². The minimum Gasteiger partial charge on any atom is -0.494 e. The molecule has 0 atom stereocenters. The summed E-state index contributed by atoms with van der Waals surface area (Å²) in [5, 5.41) is 0. The molecule has 0 N–H and O–H groups in total. The molecular weight excluding hydrogens is 396 g/mol. The van der Waals surface area contributed by atoms with Crippen LogP contribution in [0.25, 0.3) is 22.4 Å². The number of rotatable bonds is 6. The largest absolute Gasteiger partial charge is 0.494 e. The number of nitrogens with zero attached hydrogens (tertiary/aromatic N) is 2. The van der Waals surface area contributed by atoms with Crippen LogP contribution in [-0.4, -0.2) is 28.7 Å². The first-order valence-corrected chi connectivity index (χ1v) is 10.6. The second kappa shape index (κ2) is 7.83. The van der Waals surface area contributed by atoms with Crippen LogP contribution in [0.2, 0.25) is 0 Å². The minimum absolute atomic E-state index is 0.526. The van der Waals surface area contributed by atoms with Crippen molar-refractivity contribution < 1.29 is 4.74 Å². The summed E-state index contributed by atoms with van der Waals surface area (Å²) in [6.07, 6.45) is 2.13. The van der Waals surface area contributed by atoms with Crippen LogP contribution in [-0.2, 0) is 6.54 Å². The number of hydrogen-bond acceptors (Lipinski definition) is 3. The number of benzene rings is 2. The molecule has 3 aromatic rings. The van der Waals surface area contributed by atoms with Crippen molar-refractivity contribution in [1.29, 1.82) is 0 Å². The Bertz CT molecular complexity index is 872. The maximum absolute atomic E-state index is 5.61. The Morgan fingerprint density at radius 1 is 1.16 bits per heavy atom. The number of ether oxygens (including phenoxy) is 1. The van der Waals surface area contributed by atoms with Crippen molar-refractivity contribution >= 4 is 38.7 Å². The SMILES string of the molecule is COc1ccc(Br)c2nc(-c3ccc(C(C)C)cc3)n(CCSC)c12. The standard InChI is InChI=1S/C20H23BrN2OS/c1-13(2)14-5-7-15(8-6-14)20-22-18-16(21)9-10-17(24-3)19(18)23(20)11-12-25-4/h5-10,13H,11-12H2,1-4H3. The van der Waals surface area contributed by atoms with Crippen LogP contribution in [0, 0.1) is 0 Å². The summed E-state index contributed by atoms with van der Waals surface area (Å²) in [6, 6.07) is 12.7. The first-order valence-electron chi connectivity index (χ1n) is 8.38. The third kappa shape index (κ3) is 3.58. The van der Waals surface area contributed by atoms with E-state index in [4.69, 9.17) is 9.72 Å². The Labute approximate surface area is 161 Å². The molecule has 0 aliphatic carbocycles. The van der Waals surface area contributed by atoms with Gasteiger partial charge in [-0.3, -0.25) is 0 Å². The van der Waals surface area contributed by atoms with E-state index in [1.807, 2.05) is 23.9 Å². The molecule has 0 saturated heterocycles. The molecule has 0 fully saturated rings. The molecule has 1 aromatic heterocycles. The monoisotopic (exact) mass is 418 g/mol. The zero-order valence-corrected chi connectivity index (χ0v) is 17.4. The van der Waals surface area contributed by atoms with Crippen LogP contribution < -0.4 is 4.74 Å². The molecule has 0 aliphatic heterocycles. The fraction of sp³-hybridized carbons (Fsp3) is 0.350. The Morgan fingerprint density at radius 3 is 2.48 bits per heavy atom. The summed E-state index contributed by atoms with van der Waals surface area (Å²) in [5.74, 6) is 3.40. The highest BCUT2D eigenvalue weighted by atomic mass is 79.9. The molecule has 0 aliphatic rings. The van der Waals surface area contributed by atoms with Crippen molar-refractivity contribution in [2.45, 2.75) is 26.3 Å². The Morgan fingerprint density at radius 2 is 1.88 bits per heavy atom. The number of aryl methyl sites for hydroxylation is 1. The van der Waals surface area contributed by atoms with Crippen molar-refractivity contribution in [3.63, 3.8) is 0 Å². The van der Waals surface area contributed by atoms with E-state index in [0.717, 1.165) is 44.9 Å². The summed E-state index contributed by atoms with van der Waals surface area (Å²) in [4.78, 5) is 4.95. The van der Waals surface area contributed by atoms with Gasteiger partial charge in [0.1, 0.15) is 22.6 Å². The number of imidazole rings is 1. The van der Waals surface area contributed by atoms with Crippen LogP contribution in [0.15, 0.2) is 40.9 Å². The summed E-state index contributed by atoms with van der Waals surface area (Å²) >= 11 is 5.48. The number of fused-ring (bicyclic) bond motifs is 1. The first kappa shape index (κ1) is 18.3. The highest BCUT2D eigenvalue weighted by molar-refractivity contribution is 9.10. The lowest BCUT2D eigenvalue weighted by Crippen LogP contribution is -2.04. The Hall–Kier alpha value is -1.46. The molecule has 25 heavy (non-hydrogen) atoms. The summed E-state index contributed by atoms with van der Waals surface area (Å²) in [7, 11) is 1.71. The third-order valence-corrected chi connectivity index (χ3v) is 5.61. The number of thioether (sulfide) groups is 1. The van der Waals surface area contributed by atoms with Crippen molar-refractivity contribution in [1.82, 2.24) is 9.55 Å². The Balaban J connectivity index is 2.21. The molecule has 0 unspecified atom stereocenters. The normalized spacial score (nSPS) is 11.4. The van der Waals surface area contributed by atoms with Crippen LogP contribution in [0.1, 0.15) is 25.3 Å². The van der Waals surface area contributed by atoms with E-state index >= 15 is 0 Å². The molecule has 0 spiro atoms. The van der Waals surface area contributed by atoms with Crippen molar-refractivity contribution in [2.75, 3.05) is 19.1 Å². The molecule has 2 aromatic carbocycles. The maximum Gasteiger partial charge on any atom is 0.144 e. The second-order valence-electron chi connectivity index (χ2n) is 6.30. The minimum atomic E-state index is 0.526. The van der Waals surface area contributed by atoms with Gasteiger partial charge < -0.3 is 9.30 Å². The lowest BCUT2D eigenvalue weighted by atomic mass is 10.0. The van der Waals surface area contributed by atoms with E-state index in [-0.39, 0.29) is 0 Å². The molecule has 1 heterocycles. The molecule has 132 valence electrons. The Kier molecular flexibility index (Phi) is 5.74. The number of halogens is 1. The van der Waals surface area contributed by atoms with Gasteiger partial charge in [-0.05, 0) is 45.8 Å². The molecule has 5 heteroatoms. The van der Waals surface area contributed by atoms with E-state index in [1.54, 1.807) is 7.11 Å². The zero-order valence-electron chi connectivity index (χ0n) is 15.0. The summed E-state index contributed by atoms with van der Waals surface area (Å²) in [6.45, 7) is 5.32. The van der Waals surface area contributed by atoms with Gasteiger partial charge in [0.25, 0.3) is 0 Å². The van der Waals surface area contributed by atoms with E-state index < -0.39 is 0 Å². The quantitative estimate of drug-likeness (QED) is 0.493. The number of hydrogen-bond donors (Lipinski definition) is 0. The molecule has 3 nitrogen and oxygen atoms in total. The van der Waals surface area contributed by atoms with Crippen molar-refractivity contribution in [2.24, 2.45) is 0 Å². The van der Waals surface area contributed by atoms with E-state index in [9.17, 15) is 0 Å². The van der Waals surface area contributed by atoms with Gasteiger partial charge in [0, 0.05) is 22.3 Å². The second-order valence-corrected chi connectivity index (χ2v) is 8.14. The van der Waals surface area contributed by atoms with Gasteiger partial charge in [-0.2, -0.15) is 11.8 Å². The smallest absolute Gasteiger partial charge is 0.144 e. The van der Waals surface area contributed by atoms with Crippen LogP contribution in [0.4, 0.5) is 0 Å². The predicted octanol–water partition coefficient (Wildman–Crippen LogP) is 5.96. The molecular formula is C20H23BrN2OS. The third-order valence-electron chi connectivity index (χ3n) is 4.38.